The smallest absolute Gasteiger partial charge is 0.339 e. The maximum Gasteiger partial charge on any atom is 0.339 e. The number of anilines is 1. The molecule has 0 fully saturated rings. The largest absolute Gasteiger partial charge is 0.457 e. The van der Waals surface area contributed by atoms with Crippen LogP contribution in [0.25, 0.3) is 0 Å². The highest BCUT2D eigenvalue weighted by Crippen LogP contribution is 2.33. The Morgan fingerprint density at radius 1 is 1.50 bits per heavy atom. The van der Waals surface area contributed by atoms with E-state index >= 15 is 0 Å². The minimum Gasteiger partial charge on any atom is -0.457 e. The lowest BCUT2D eigenvalue weighted by atomic mass is 10.1. The van der Waals surface area contributed by atoms with Gasteiger partial charge in [0.05, 0.1) is 16.1 Å². The van der Waals surface area contributed by atoms with Crippen molar-refractivity contribution in [1.82, 2.24) is 0 Å². The van der Waals surface area contributed by atoms with Crippen molar-refractivity contribution in [2.75, 3.05) is 5.73 Å². The number of nitrogen functional groups attached to an aromatic ring is 1. The molecular weight excluding hydrogens is 188 g/mol. The number of benzene rings is 1. The molecule has 0 spiro atoms. The van der Waals surface area contributed by atoms with Crippen LogP contribution in [0.15, 0.2) is 12.1 Å². The minimum absolute atomic E-state index is 0.0482. The van der Waals surface area contributed by atoms with E-state index in [0.29, 0.717) is 0 Å². The third-order valence-corrected chi connectivity index (χ3v) is 2.06. The molecule has 0 unspecified atom stereocenters. The third kappa shape index (κ3) is 1.00. The Morgan fingerprint density at radius 3 is 2.86 bits per heavy atom. The fourth-order valence-corrected chi connectivity index (χ4v) is 1.42. The van der Waals surface area contributed by atoms with E-state index < -0.39 is 10.9 Å². The molecule has 1 aliphatic heterocycles. The number of rotatable bonds is 1. The monoisotopic (exact) mass is 194 g/mol. The third-order valence-electron chi connectivity index (χ3n) is 2.06. The van der Waals surface area contributed by atoms with Gasteiger partial charge in [0.25, 0.3) is 5.69 Å². The second-order valence-corrected chi connectivity index (χ2v) is 2.86. The first-order chi connectivity index (χ1) is 6.61. The van der Waals surface area contributed by atoms with E-state index in [1.165, 1.54) is 12.1 Å². The van der Waals surface area contributed by atoms with E-state index in [2.05, 4.69) is 4.74 Å². The van der Waals surface area contributed by atoms with E-state index in [1.807, 2.05) is 0 Å². The lowest BCUT2D eigenvalue weighted by Gasteiger charge is -1.99. The number of hydrogen-bond donors (Lipinski definition) is 1. The van der Waals surface area contributed by atoms with E-state index in [-0.39, 0.29) is 29.1 Å². The maximum atomic E-state index is 11.1. The zero-order valence-electron chi connectivity index (χ0n) is 7.02. The summed E-state index contributed by atoms with van der Waals surface area (Å²) in [6.07, 6.45) is 0. The van der Waals surface area contributed by atoms with Crippen LogP contribution in [0.3, 0.4) is 0 Å². The van der Waals surface area contributed by atoms with E-state index in [1.54, 1.807) is 0 Å². The number of nitro benzene ring substituents is 1. The Morgan fingerprint density at radius 2 is 2.21 bits per heavy atom. The molecule has 0 atom stereocenters. The van der Waals surface area contributed by atoms with Crippen molar-refractivity contribution in [3.05, 3.63) is 33.4 Å². The molecule has 14 heavy (non-hydrogen) atoms. The molecule has 1 aliphatic rings. The summed E-state index contributed by atoms with van der Waals surface area (Å²) in [7, 11) is 0. The molecule has 0 bridgehead atoms. The summed E-state index contributed by atoms with van der Waals surface area (Å²) in [6.45, 7) is -0.0739. The van der Waals surface area contributed by atoms with Crippen molar-refractivity contribution >= 4 is 17.3 Å². The van der Waals surface area contributed by atoms with E-state index in [0.717, 1.165) is 0 Å². The average molecular weight is 194 g/mol. The fraction of sp³-hybridized carbons (Fsp3) is 0.125. The van der Waals surface area contributed by atoms with Crippen LogP contribution in [0, 0.1) is 10.1 Å². The lowest BCUT2D eigenvalue weighted by molar-refractivity contribution is -0.384. The summed E-state index contributed by atoms with van der Waals surface area (Å²) < 4.78 is 4.67. The van der Waals surface area contributed by atoms with Crippen LogP contribution in [-0.4, -0.2) is 10.9 Å². The maximum absolute atomic E-state index is 11.1. The van der Waals surface area contributed by atoms with Gasteiger partial charge in [-0.05, 0) is 12.1 Å². The predicted octanol–water partition coefficient (Wildman–Crippen LogP) is 0.847. The Balaban J connectivity index is 2.71. The number of carbonyl (C=O) groups is 1. The first kappa shape index (κ1) is 8.49. The fourth-order valence-electron chi connectivity index (χ4n) is 1.42. The molecule has 2 rings (SSSR count). The molecule has 1 aromatic carbocycles. The molecular formula is C8H6N2O4. The number of esters is 1. The molecule has 1 aromatic rings. The highest BCUT2D eigenvalue weighted by Gasteiger charge is 2.30. The zero-order chi connectivity index (χ0) is 10.3. The standard InChI is InChI=1S/C8H6N2O4/c9-6-2-1-4-5(3-14-8(4)11)7(6)10(12)13/h1-2H,3,9H2. The van der Waals surface area contributed by atoms with Gasteiger partial charge in [-0.2, -0.15) is 0 Å². The molecule has 0 aliphatic carbocycles. The van der Waals surface area contributed by atoms with Crippen LogP contribution in [0.1, 0.15) is 15.9 Å². The van der Waals surface area contributed by atoms with Crippen molar-refractivity contribution < 1.29 is 14.5 Å². The number of carbonyl (C=O) groups excluding carboxylic acids is 1. The zero-order valence-corrected chi connectivity index (χ0v) is 7.02. The van der Waals surface area contributed by atoms with Gasteiger partial charge in [-0.15, -0.1) is 0 Å². The van der Waals surface area contributed by atoms with Crippen LogP contribution >= 0.6 is 0 Å². The lowest BCUT2D eigenvalue weighted by Crippen LogP contribution is -2.01. The van der Waals surface area contributed by atoms with E-state index in [9.17, 15) is 14.9 Å². The van der Waals surface area contributed by atoms with Crippen LogP contribution in [0.5, 0.6) is 0 Å². The summed E-state index contributed by atoms with van der Waals surface area (Å²) in [5, 5.41) is 10.6. The predicted molar refractivity (Wildman–Crippen MR) is 46.6 cm³/mol. The van der Waals surface area contributed by atoms with E-state index in [4.69, 9.17) is 5.73 Å². The second-order valence-electron chi connectivity index (χ2n) is 2.86. The molecule has 0 saturated carbocycles. The Kier molecular flexibility index (Phi) is 1.63. The van der Waals surface area contributed by atoms with Crippen LogP contribution in [0.4, 0.5) is 11.4 Å². The number of fused-ring (bicyclic) bond motifs is 1. The molecule has 0 radical (unpaired) electrons. The van der Waals surface area contributed by atoms with Crippen LogP contribution < -0.4 is 5.73 Å². The van der Waals surface area contributed by atoms with Gasteiger partial charge in [-0.3, -0.25) is 10.1 Å². The summed E-state index contributed by atoms with van der Waals surface area (Å²) in [6, 6.07) is 2.77. The van der Waals surface area contributed by atoms with Gasteiger partial charge in [0.2, 0.25) is 0 Å². The summed E-state index contributed by atoms with van der Waals surface area (Å²) >= 11 is 0. The topological polar surface area (TPSA) is 95.5 Å². The Hall–Kier alpha value is -2.11. The number of ether oxygens (including phenoxy) is 1. The molecule has 6 nitrogen and oxygen atoms in total. The average Bonchev–Trinajstić information content (AvgIpc) is 2.47. The normalized spacial score (nSPS) is 13.6. The number of nitro groups is 1. The van der Waals surface area contributed by atoms with Gasteiger partial charge in [0.1, 0.15) is 12.3 Å². The number of nitrogens with zero attached hydrogens (tertiary/aromatic N) is 1. The van der Waals surface area contributed by atoms with Crippen molar-refractivity contribution in [2.45, 2.75) is 6.61 Å². The SMILES string of the molecule is Nc1ccc2c(c1[N+](=O)[O-])COC2=O. The van der Waals surface area contributed by atoms with Crippen molar-refractivity contribution in [2.24, 2.45) is 0 Å². The van der Waals surface area contributed by atoms with Crippen molar-refractivity contribution in [3.63, 3.8) is 0 Å². The minimum atomic E-state index is -0.601. The van der Waals surface area contributed by atoms with Crippen LogP contribution in [0.2, 0.25) is 0 Å². The summed E-state index contributed by atoms with van der Waals surface area (Å²) in [4.78, 5) is 21.1. The Bertz CT molecular complexity index is 441. The first-order valence-corrected chi connectivity index (χ1v) is 3.84. The molecule has 0 amide bonds. The molecule has 6 heteroatoms. The summed E-state index contributed by atoms with van der Waals surface area (Å²) in [5.74, 6) is -0.539. The summed E-state index contributed by atoms with van der Waals surface area (Å²) in [5.41, 5.74) is 5.74. The first-order valence-electron chi connectivity index (χ1n) is 3.84. The van der Waals surface area contributed by atoms with Gasteiger partial charge in [-0.1, -0.05) is 0 Å². The Labute approximate surface area is 78.4 Å². The number of cyclic esters (lactones) is 1. The van der Waals surface area contributed by atoms with Crippen molar-refractivity contribution in [3.8, 4) is 0 Å². The number of hydrogen-bond acceptors (Lipinski definition) is 5. The molecule has 0 aromatic heterocycles. The van der Waals surface area contributed by atoms with Gasteiger partial charge in [0, 0.05) is 0 Å². The second kappa shape index (κ2) is 2.69. The van der Waals surface area contributed by atoms with Gasteiger partial charge < -0.3 is 10.5 Å². The van der Waals surface area contributed by atoms with Crippen molar-refractivity contribution in [1.29, 1.82) is 0 Å². The molecule has 2 N–H and O–H groups in total. The number of nitrogens with two attached hydrogens (primary N) is 1. The van der Waals surface area contributed by atoms with Gasteiger partial charge in [-0.25, -0.2) is 4.79 Å². The molecule has 72 valence electrons. The molecule has 1 heterocycles. The van der Waals surface area contributed by atoms with Crippen LogP contribution in [-0.2, 0) is 11.3 Å². The van der Waals surface area contributed by atoms with Gasteiger partial charge in [0.15, 0.2) is 0 Å². The quantitative estimate of drug-likeness (QED) is 0.309. The highest BCUT2D eigenvalue weighted by molar-refractivity contribution is 5.96. The van der Waals surface area contributed by atoms with Gasteiger partial charge >= 0.3 is 5.97 Å². The highest BCUT2D eigenvalue weighted by atomic mass is 16.6. The molecule has 0 saturated heterocycles.